The summed E-state index contributed by atoms with van der Waals surface area (Å²) in [4.78, 5) is 14.0. The van der Waals surface area contributed by atoms with Crippen LogP contribution in [0.5, 0.6) is 0 Å². The molecule has 1 unspecified atom stereocenters. The molecule has 0 aliphatic carbocycles. The van der Waals surface area contributed by atoms with Gasteiger partial charge < -0.3 is 5.11 Å². The average Bonchev–Trinajstić information content (AvgIpc) is 3.15. The summed E-state index contributed by atoms with van der Waals surface area (Å²) in [6.07, 6.45) is 0.957. The predicted molar refractivity (Wildman–Crippen MR) is 130 cm³/mol. The van der Waals surface area contributed by atoms with E-state index in [0.29, 0.717) is 4.88 Å². The lowest BCUT2D eigenvalue weighted by Crippen LogP contribution is -2.10. The molecule has 2 aromatic carbocycles. The molecule has 1 heterocycles. The second-order valence-electron chi connectivity index (χ2n) is 8.78. The lowest BCUT2D eigenvalue weighted by molar-refractivity contribution is 0.0702. The molecule has 0 saturated carbocycles. The van der Waals surface area contributed by atoms with Gasteiger partial charge in [-0.05, 0) is 77.8 Å². The Kier molecular flexibility index (Phi) is 6.78. The normalized spacial score (nSPS) is 12.7. The number of carboxylic acids is 1. The van der Waals surface area contributed by atoms with Crippen molar-refractivity contribution in [3.05, 3.63) is 75.0 Å². The van der Waals surface area contributed by atoms with E-state index in [1.165, 1.54) is 44.0 Å². The second kappa shape index (κ2) is 8.99. The van der Waals surface area contributed by atoms with Crippen molar-refractivity contribution in [2.45, 2.75) is 63.5 Å². The number of hydrogen-bond acceptors (Lipinski definition) is 3. The number of carboxylic acid groups (broad SMARTS) is 1. The zero-order valence-electron chi connectivity index (χ0n) is 18.6. The quantitative estimate of drug-likeness (QED) is 0.393. The Bertz CT molecular complexity index is 1020. The number of thioether (sulfide) groups is 1. The third-order valence-electron chi connectivity index (χ3n) is 5.35. The first-order valence-electron chi connectivity index (χ1n) is 10.3. The van der Waals surface area contributed by atoms with Crippen molar-refractivity contribution in [2.24, 2.45) is 0 Å². The maximum absolute atomic E-state index is 11.2. The van der Waals surface area contributed by atoms with Gasteiger partial charge in [-0.2, -0.15) is 0 Å². The third-order valence-corrected chi connectivity index (χ3v) is 8.07. The first-order chi connectivity index (χ1) is 14.1. The van der Waals surface area contributed by atoms with Crippen molar-refractivity contribution in [1.82, 2.24) is 0 Å². The summed E-state index contributed by atoms with van der Waals surface area (Å²) in [7, 11) is 0. The molecule has 0 bridgehead atoms. The molecule has 158 valence electrons. The van der Waals surface area contributed by atoms with Crippen LogP contribution in [0.25, 0.3) is 11.1 Å². The highest BCUT2D eigenvalue weighted by atomic mass is 32.2. The van der Waals surface area contributed by atoms with Crippen LogP contribution < -0.4 is 0 Å². The van der Waals surface area contributed by atoms with Gasteiger partial charge in [-0.25, -0.2) is 4.79 Å². The van der Waals surface area contributed by atoms with Crippen molar-refractivity contribution in [2.75, 3.05) is 0 Å². The number of rotatable bonds is 6. The highest BCUT2D eigenvalue weighted by Gasteiger charge is 2.18. The molecule has 3 aromatic rings. The van der Waals surface area contributed by atoms with E-state index >= 15 is 0 Å². The minimum absolute atomic E-state index is 0.153. The molecular formula is C26H30O2S2. The summed E-state index contributed by atoms with van der Waals surface area (Å²) in [5, 5.41) is 9.48. The lowest BCUT2D eigenvalue weighted by atomic mass is 9.85. The molecule has 0 amide bonds. The fraction of sp³-hybridized carbons (Fsp3) is 0.346. The van der Waals surface area contributed by atoms with Gasteiger partial charge in [0.25, 0.3) is 0 Å². The van der Waals surface area contributed by atoms with Gasteiger partial charge >= 0.3 is 5.97 Å². The first-order valence-corrected chi connectivity index (χ1v) is 12.0. The molecule has 1 N–H and O–H groups in total. The van der Waals surface area contributed by atoms with Crippen LogP contribution in [0.4, 0.5) is 0 Å². The number of hydrogen-bond donors (Lipinski definition) is 1. The van der Waals surface area contributed by atoms with Gasteiger partial charge in [0.2, 0.25) is 0 Å². The van der Waals surface area contributed by atoms with Gasteiger partial charge in [0.05, 0.1) is 0 Å². The van der Waals surface area contributed by atoms with E-state index < -0.39 is 5.97 Å². The van der Waals surface area contributed by atoms with E-state index in [9.17, 15) is 9.90 Å². The van der Waals surface area contributed by atoms with Crippen molar-refractivity contribution >= 4 is 29.1 Å². The van der Waals surface area contributed by atoms with Crippen molar-refractivity contribution in [3.8, 4) is 11.1 Å². The topological polar surface area (TPSA) is 37.3 Å². The van der Waals surface area contributed by atoms with Crippen LogP contribution in [0.2, 0.25) is 0 Å². The Morgan fingerprint density at radius 2 is 1.63 bits per heavy atom. The van der Waals surface area contributed by atoms with Gasteiger partial charge in [-0.15, -0.1) is 23.1 Å². The van der Waals surface area contributed by atoms with Crippen LogP contribution >= 0.6 is 23.1 Å². The maximum Gasteiger partial charge on any atom is 0.345 e. The molecule has 0 saturated heterocycles. The van der Waals surface area contributed by atoms with Crippen LogP contribution in [0.15, 0.2) is 53.4 Å². The van der Waals surface area contributed by atoms with Crippen LogP contribution in [0.1, 0.15) is 70.6 Å². The standard InChI is InChI=1S/C26H30O2S2/c1-7-21(22-12-13-23(30-22)25(27)28)29-20-14-16(2)24(17(3)15-20)18-8-10-19(11-9-18)26(4,5)6/h8-15,21H,7H2,1-6H3,(H,27,28). The summed E-state index contributed by atoms with van der Waals surface area (Å²) >= 11 is 3.21. The second-order valence-corrected chi connectivity index (χ2v) is 11.2. The molecule has 3 rings (SSSR count). The highest BCUT2D eigenvalue weighted by Crippen LogP contribution is 2.42. The highest BCUT2D eigenvalue weighted by molar-refractivity contribution is 7.99. The van der Waals surface area contributed by atoms with E-state index in [2.05, 4.69) is 77.9 Å². The summed E-state index contributed by atoms with van der Waals surface area (Å²) in [5.74, 6) is -0.848. The molecule has 0 aliphatic rings. The molecular weight excluding hydrogens is 408 g/mol. The molecule has 2 nitrogen and oxygen atoms in total. The zero-order valence-corrected chi connectivity index (χ0v) is 20.2. The summed E-state index contributed by atoms with van der Waals surface area (Å²) in [5.41, 5.74) is 6.60. The minimum atomic E-state index is -0.848. The Morgan fingerprint density at radius 1 is 1.03 bits per heavy atom. The van der Waals surface area contributed by atoms with Crippen LogP contribution in [0.3, 0.4) is 0 Å². The van der Waals surface area contributed by atoms with E-state index in [4.69, 9.17) is 0 Å². The molecule has 0 aliphatic heterocycles. The van der Waals surface area contributed by atoms with E-state index in [1.54, 1.807) is 6.07 Å². The van der Waals surface area contributed by atoms with Crippen molar-refractivity contribution in [3.63, 3.8) is 0 Å². The Balaban J connectivity index is 1.87. The molecule has 1 aromatic heterocycles. The van der Waals surface area contributed by atoms with E-state index in [0.717, 1.165) is 11.3 Å². The summed E-state index contributed by atoms with van der Waals surface area (Å²) < 4.78 is 0. The lowest BCUT2D eigenvalue weighted by Gasteiger charge is -2.20. The molecule has 30 heavy (non-hydrogen) atoms. The third kappa shape index (κ3) is 4.98. The Hall–Kier alpha value is -2.04. The number of carbonyl (C=O) groups is 1. The Labute approximate surface area is 188 Å². The maximum atomic E-state index is 11.2. The molecule has 1 atom stereocenters. The van der Waals surface area contributed by atoms with Crippen LogP contribution in [-0.2, 0) is 5.41 Å². The fourth-order valence-corrected chi connectivity index (χ4v) is 6.11. The first kappa shape index (κ1) is 22.6. The van der Waals surface area contributed by atoms with E-state index in [-0.39, 0.29) is 10.7 Å². The van der Waals surface area contributed by atoms with Gasteiger partial charge in [0.1, 0.15) is 4.88 Å². The largest absolute Gasteiger partial charge is 0.477 e. The van der Waals surface area contributed by atoms with E-state index in [1.807, 2.05) is 17.8 Å². The van der Waals surface area contributed by atoms with Gasteiger partial charge in [-0.1, -0.05) is 52.0 Å². The fourth-order valence-electron chi connectivity index (χ4n) is 3.73. The number of aryl methyl sites for hydroxylation is 2. The van der Waals surface area contributed by atoms with Crippen LogP contribution in [-0.4, -0.2) is 11.1 Å². The van der Waals surface area contributed by atoms with Crippen molar-refractivity contribution < 1.29 is 9.90 Å². The van der Waals surface area contributed by atoms with Gasteiger partial charge in [0.15, 0.2) is 0 Å². The average molecular weight is 439 g/mol. The summed E-state index contributed by atoms with van der Waals surface area (Å²) in [6, 6.07) is 17.1. The molecule has 4 heteroatoms. The Morgan fingerprint density at radius 3 is 2.10 bits per heavy atom. The number of aromatic carboxylic acids is 1. The summed E-state index contributed by atoms with van der Waals surface area (Å²) in [6.45, 7) is 13.2. The minimum Gasteiger partial charge on any atom is -0.477 e. The van der Waals surface area contributed by atoms with Crippen LogP contribution in [0, 0.1) is 13.8 Å². The predicted octanol–water partition coefficient (Wildman–Crippen LogP) is 8.27. The SMILES string of the molecule is CCC(Sc1cc(C)c(-c2ccc(C(C)(C)C)cc2)c(C)c1)c1ccc(C(=O)O)s1. The molecule has 0 radical (unpaired) electrons. The molecule has 0 fully saturated rings. The smallest absolute Gasteiger partial charge is 0.345 e. The molecule has 0 spiro atoms. The zero-order chi connectivity index (χ0) is 22.1. The van der Waals surface area contributed by atoms with Gasteiger partial charge in [-0.3, -0.25) is 0 Å². The van der Waals surface area contributed by atoms with Crippen molar-refractivity contribution in [1.29, 1.82) is 0 Å². The van der Waals surface area contributed by atoms with Gasteiger partial charge in [0, 0.05) is 15.0 Å². The number of thiophene rings is 1. The monoisotopic (exact) mass is 438 g/mol. The number of benzene rings is 2.